The van der Waals surface area contributed by atoms with Crippen LogP contribution < -0.4 is 10.1 Å². The van der Waals surface area contributed by atoms with E-state index >= 15 is 0 Å². The van der Waals surface area contributed by atoms with Gasteiger partial charge in [-0.1, -0.05) is 6.07 Å². The number of carbonyl (C=O) groups excluding carboxylic acids is 1. The lowest BCUT2D eigenvalue weighted by Gasteiger charge is -2.08. The molecule has 0 aliphatic heterocycles. The summed E-state index contributed by atoms with van der Waals surface area (Å²) in [5.74, 6) is 0.697. The van der Waals surface area contributed by atoms with E-state index in [4.69, 9.17) is 4.74 Å². The number of carbonyl (C=O) groups is 1. The van der Waals surface area contributed by atoms with E-state index in [1.165, 1.54) is 17.5 Å². The molecular formula is C18H19NO2. The van der Waals surface area contributed by atoms with Crippen molar-refractivity contribution < 1.29 is 9.53 Å². The average molecular weight is 281 g/mol. The Bertz CT molecular complexity index is 647. The number of aryl methyl sites for hydroxylation is 2. The van der Waals surface area contributed by atoms with Crippen LogP contribution in [-0.4, -0.2) is 12.5 Å². The summed E-state index contributed by atoms with van der Waals surface area (Å²) in [6.45, 7) is 2.56. The standard InChI is InChI=1S/C18H19NO2/c1-2-21-17-10-7-14(8-11-17)18(20)19-16-9-6-13-4-3-5-15(13)12-16/h6-12H,2-5H2,1H3,(H,19,20). The van der Waals surface area contributed by atoms with E-state index in [1.807, 2.05) is 25.1 Å². The van der Waals surface area contributed by atoms with E-state index in [1.54, 1.807) is 12.1 Å². The Morgan fingerprint density at radius 2 is 1.86 bits per heavy atom. The van der Waals surface area contributed by atoms with Crippen LogP contribution in [0.15, 0.2) is 42.5 Å². The van der Waals surface area contributed by atoms with Gasteiger partial charge >= 0.3 is 0 Å². The molecule has 108 valence electrons. The Balaban J connectivity index is 1.71. The van der Waals surface area contributed by atoms with Gasteiger partial charge in [0.25, 0.3) is 5.91 Å². The van der Waals surface area contributed by atoms with Gasteiger partial charge in [-0.05, 0) is 73.7 Å². The quantitative estimate of drug-likeness (QED) is 0.925. The molecule has 0 spiro atoms. The number of benzene rings is 2. The van der Waals surface area contributed by atoms with Crippen molar-refractivity contribution in [1.82, 2.24) is 0 Å². The maximum atomic E-state index is 12.2. The van der Waals surface area contributed by atoms with Crippen molar-refractivity contribution >= 4 is 11.6 Å². The molecular weight excluding hydrogens is 262 g/mol. The van der Waals surface area contributed by atoms with Gasteiger partial charge in [-0.3, -0.25) is 4.79 Å². The molecule has 0 saturated heterocycles. The first-order valence-electron chi connectivity index (χ1n) is 7.42. The maximum absolute atomic E-state index is 12.2. The minimum absolute atomic E-state index is 0.0870. The van der Waals surface area contributed by atoms with E-state index in [2.05, 4.69) is 17.4 Å². The minimum Gasteiger partial charge on any atom is -0.494 e. The van der Waals surface area contributed by atoms with E-state index < -0.39 is 0 Å². The smallest absolute Gasteiger partial charge is 0.255 e. The summed E-state index contributed by atoms with van der Waals surface area (Å²) in [4.78, 5) is 12.2. The number of rotatable bonds is 4. The van der Waals surface area contributed by atoms with Gasteiger partial charge in [0.2, 0.25) is 0 Å². The number of fused-ring (bicyclic) bond motifs is 1. The zero-order valence-electron chi connectivity index (χ0n) is 12.2. The van der Waals surface area contributed by atoms with Gasteiger partial charge in [-0.25, -0.2) is 0 Å². The fourth-order valence-electron chi connectivity index (χ4n) is 2.72. The molecule has 3 rings (SSSR count). The predicted molar refractivity (Wildman–Crippen MR) is 84.0 cm³/mol. The SMILES string of the molecule is CCOc1ccc(C(=O)Nc2ccc3c(c2)CCC3)cc1. The molecule has 0 atom stereocenters. The first-order chi connectivity index (χ1) is 10.3. The van der Waals surface area contributed by atoms with Crippen LogP contribution in [0.4, 0.5) is 5.69 Å². The molecule has 0 bridgehead atoms. The van der Waals surface area contributed by atoms with Gasteiger partial charge < -0.3 is 10.1 Å². The molecule has 0 aromatic heterocycles. The van der Waals surface area contributed by atoms with Crippen molar-refractivity contribution in [2.75, 3.05) is 11.9 Å². The van der Waals surface area contributed by atoms with Crippen molar-refractivity contribution in [2.24, 2.45) is 0 Å². The second-order valence-corrected chi connectivity index (χ2v) is 5.25. The van der Waals surface area contributed by atoms with Gasteiger partial charge in [0.15, 0.2) is 0 Å². The second kappa shape index (κ2) is 6.00. The van der Waals surface area contributed by atoms with E-state index in [0.717, 1.165) is 24.3 Å². The third kappa shape index (κ3) is 3.07. The highest BCUT2D eigenvalue weighted by atomic mass is 16.5. The molecule has 0 saturated carbocycles. The van der Waals surface area contributed by atoms with Crippen LogP contribution in [0.2, 0.25) is 0 Å². The fourth-order valence-corrected chi connectivity index (χ4v) is 2.72. The van der Waals surface area contributed by atoms with Crippen LogP contribution in [0.1, 0.15) is 34.8 Å². The van der Waals surface area contributed by atoms with Crippen molar-refractivity contribution in [3.05, 3.63) is 59.2 Å². The molecule has 3 heteroatoms. The monoisotopic (exact) mass is 281 g/mol. The fraction of sp³-hybridized carbons (Fsp3) is 0.278. The Morgan fingerprint density at radius 1 is 1.10 bits per heavy atom. The lowest BCUT2D eigenvalue weighted by Crippen LogP contribution is -2.12. The molecule has 0 fully saturated rings. The highest BCUT2D eigenvalue weighted by molar-refractivity contribution is 6.04. The molecule has 1 aliphatic carbocycles. The Hall–Kier alpha value is -2.29. The second-order valence-electron chi connectivity index (χ2n) is 5.25. The average Bonchev–Trinajstić information content (AvgIpc) is 2.96. The Kier molecular flexibility index (Phi) is 3.91. The van der Waals surface area contributed by atoms with Gasteiger partial charge in [-0.2, -0.15) is 0 Å². The minimum atomic E-state index is -0.0870. The number of amides is 1. The summed E-state index contributed by atoms with van der Waals surface area (Å²) in [5.41, 5.74) is 4.28. The highest BCUT2D eigenvalue weighted by Gasteiger charge is 2.12. The van der Waals surface area contributed by atoms with E-state index in [0.29, 0.717) is 12.2 Å². The molecule has 2 aromatic carbocycles. The summed E-state index contributed by atoms with van der Waals surface area (Å²) >= 11 is 0. The summed E-state index contributed by atoms with van der Waals surface area (Å²) < 4.78 is 5.38. The molecule has 1 N–H and O–H groups in total. The molecule has 0 radical (unpaired) electrons. The van der Waals surface area contributed by atoms with Gasteiger partial charge in [-0.15, -0.1) is 0 Å². The Labute approximate surface area is 124 Å². The maximum Gasteiger partial charge on any atom is 0.255 e. The van der Waals surface area contributed by atoms with Gasteiger partial charge in [0.05, 0.1) is 6.61 Å². The first-order valence-corrected chi connectivity index (χ1v) is 7.42. The zero-order chi connectivity index (χ0) is 14.7. The molecule has 21 heavy (non-hydrogen) atoms. The molecule has 1 amide bonds. The zero-order valence-corrected chi connectivity index (χ0v) is 12.2. The number of nitrogens with one attached hydrogen (secondary N) is 1. The molecule has 0 unspecified atom stereocenters. The largest absolute Gasteiger partial charge is 0.494 e. The molecule has 2 aromatic rings. The van der Waals surface area contributed by atoms with E-state index in [9.17, 15) is 4.79 Å². The van der Waals surface area contributed by atoms with Crippen LogP contribution in [0.3, 0.4) is 0 Å². The van der Waals surface area contributed by atoms with Crippen molar-refractivity contribution in [3.8, 4) is 5.75 Å². The van der Waals surface area contributed by atoms with Gasteiger partial charge in [0, 0.05) is 11.3 Å². The summed E-state index contributed by atoms with van der Waals surface area (Å²) in [6, 6.07) is 13.4. The topological polar surface area (TPSA) is 38.3 Å². The number of hydrogen-bond acceptors (Lipinski definition) is 2. The predicted octanol–water partition coefficient (Wildman–Crippen LogP) is 3.83. The highest BCUT2D eigenvalue weighted by Crippen LogP contribution is 2.25. The van der Waals surface area contributed by atoms with Crippen molar-refractivity contribution in [2.45, 2.75) is 26.2 Å². The third-order valence-electron chi connectivity index (χ3n) is 3.78. The third-order valence-corrected chi connectivity index (χ3v) is 3.78. The number of anilines is 1. The van der Waals surface area contributed by atoms with Crippen LogP contribution in [0.25, 0.3) is 0 Å². The van der Waals surface area contributed by atoms with Gasteiger partial charge in [0.1, 0.15) is 5.75 Å². The summed E-state index contributed by atoms with van der Waals surface area (Å²) in [5, 5.41) is 2.96. The summed E-state index contributed by atoms with van der Waals surface area (Å²) in [6.07, 6.45) is 3.48. The molecule has 1 aliphatic rings. The van der Waals surface area contributed by atoms with Crippen LogP contribution in [-0.2, 0) is 12.8 Å². The number of hydrogen-bond donors (Lipinski definition) is 1. The molecule has 0 heterocycles. The van der Waals surface area contributed by atoms with Crippen LogP contribution in [0.5, 0.6) is 5.75 Å². The van der Waals surface area contributed by atoms with Crippen molar-refractivity contribution in [3.63, 3.8) is 0 Å². The number of ether oxygens (including phenoxy) is 1. The summed E-state index contributed by atoms with van der Waals surface area (Å²) in [7, 11) is 0. The molecule has 3 nitrogen and oxygen atoms in total. The van der Waals surface area contributed by atoms with Crippen LogP contribution in [0, 0.1) is 0 Å². The normalized spacial score (nSPS) is 12.8. The Morgan fingerprint density at radius 3 is 2.62 bits per heavy atom. The lowest BCUT2D eigenvalue weighted by atomic mass is 10.1. The van der Waals surface area contributed by atoms with Crippen molar-refractivity contribution in [1.29, 1.82) is 0 Å². The first kappa shape index (κ1) is 13.7. The lowest BCUT2D eigenvalue weighted by molar-refractivity contribution is 0.102. The van der Waals surface area contributed by atoms with Crippen LogP contribution >= 0.6 is 0 Å². The van der Waals surface area contributed by atoms with E-state index in [-0.39, 0.29) is 5.91 Å².